The number of nitrogens with zero attached hydrogens (tertiary/aromatic N) is 2. The lowest BCUT2D eigenvalue weighted by Gasteiger charge is -2.38. The van der Waals surface area contributed by atoms with Gasteiger partial charge in [0.05, 0.1) is 31.2 Å². The number of amides is 1. The highest BCUT2D eigenvalue weighted by Gasteiger charge is 2.33. The molecule has 0 spiro atoms. The normalized spacial score (nSPS) is 14.9. The van der Waals surface area contributed by atoms with Crippen molar-refractivity contribution in [2.24, 2.45) is 0 Å². The van der Waals surface area contributed by atoms with Gasteiger partial charge < -0.3 is 19.4 Å². The Morgan fingerprint density at radius 3 is 2.53 bits per heavy atom. The molecule has 2 heterocycles. The minimum absolute atomic E-state index is 0.0763. The fourth-order valence-corrected chi connectivity index (χ4v) is 5.01. The van der Waals surface area contributed by atoms with Gasteiger partial charge in [-0.25, -0.2) is 4.98 Å². The first-order valence-electron chi connectivity index (χ1n) is 12.2. The lowest BCUT2D eigenvalue weighted by Crippen LogP contribution is -2.40. The third kappa shape index (κ3) is 4.56. The topological polar surface area (TPSA) is 84.5 Å². The maximum atomic E-state index is 13.5. The molecule has 36 heavy (non-hydrogen) atoms. The van der Waals surface area contributed by atoms with E-state index in [1.807, 2.05) is 53.4 Å². The van der Waals surface area contributed by atoms with E-state index >= 15 is 0 Å². The maximum absolute atomic E-state index is 13.5. The predicted octanol–water partition coefficient (Wildman–Crippen LogP) is 4.44. The summed E-state index contributed by atoms with van der Waals surface area (Å²) in [5.74, 6) is 2.02. The predicted molar refractivity (Wildman–Crippen MR) is 139 cm³/mol. The van der Waals surface area contributed by atoms with Gasteiger partial charge in [-0.3, -0.25) is 9.59 Å². The summed E-state index contributed by atoms with van der Waals surface area (Å²) in [6, 6.07) is 21.2. The van der Waals surface area contributed by atoms with Crippen LogP contribution in [0.5, 0.6) is 11.5 Å². The lowest BCUT2D eigenvalue weighted by molar-refractivity contribution is -0.133. The number of rotatable bonds is 7. The molecule has 0 aliphatic carbocycles. The molecule has 1 N–H and O–H groups in total. The smallest absolute Gasteiger partial charge is 0.258 e. The number of methoxy groups -OCH3 is 2. The molecule has 184 valence electrons. The van der Waals surface area contributed by atoms with Crippen molar-refractivity contribution < 1.29 is 14.3 Å². The first-order valence-corrected chi connectivity index (χ1v) is 12.2. The van der Waals surface area contributed by atoms with Crippen LogP contribution in [0.15, 0.2) is 71.5 Å². The average molecular weight is 484 g/mol. The van der Waals surface area contributed by atoms with E-state index in [2.05, 4.69) is 22.1 Å². The number of nitrogens with one attached hydrogen (secondary N) is 1. The van der Waals surface area contributed by atoms with Crippen molar-refractivity contribution in [1.29, 1.82) is 0 Å². The van der Waals surface area contributed by atoms with E-state index in [-0.39, 0.29) is 17.5 Å². The third-order valence-electron chi connectivity index (χ3n) is 6.78. The molecule has 0 saturated heterocycles. The zero-order valence-electron chi connectivity index (χ0n) is 20.5. The molecular formula is C29H29N3O4. The second-order valence-corrected chi connectivity index (χ2v) is 8.94. The van der Waals surface area contributed by atoms with Crippen LogP contribution in [0.3, 0.4) is 0 Å². The summed E-state index contributed by atoms with van der Waals surface area (Å²) in [4.78, 5) is 35.3. The highest BCUT2D eigenvalue weighted by atomic mass is 16.5. The summed E-state index contributed by atoms with van der Waals surface area (Å²) in [6.07, 6.45) is 2.22. The van der Waals surface area contributed by atoms with Crippen molar-refractivity contribution in [2.75, 3.05) is 20.8 Å². The van der Waals surface area contributed by atoms with Gasteiger partial charge in [-0.05, 0) is 53.8 Å². The molecule has 4 aromatic rings. The van der Waals surface area contributed by atoms with Crippen molar-refractivity contribution in [3.63, 3.8) is 0 Å². The van der Waals surface area contributed by atoms with E-state index in [9.17, 15) is 9.59 Å². The Balaban J connectivity index is 1.38. The summed E-state index contributed by atoms with van der Waals surface area (Å²) in [5.41, 5.74) is 3.79. The second-order valence-electron chi connectivity index (χ2n) is 8.94. The minimum atomic E-state index is -0.208. The number of ether oxygens (including phenoxy) is 2. The number of hydrogen-bond donors (Lipinski definition) is 1. The number of H-pyrrole nitrogens is 1. The minimum Gasteiger partial charge on any atom is -0.493 e. The molecule has 1 aliphatic rings. The highest BCUT2D eigenvalue weighted by Crippen LogP contribution is 2.41. The van der Waals surface area contributed by atoms with Gasteiger partial charge in [-0.2, -0.15) is 0 Å². The molecule has 0 fully saturated rings. The second kappa shape index (κ2) is 10.2. The van der Waals surface area contributed by atoms with E-state index in [0.29, 0.717) is 54.0 Å². The van der Waals surface area contributed by atoms with E-state index in [1.165, 1.54) is 0 Å². The Kier molecular flexibility index (Phi) is 6.71. The zero-order chi connectivity index (χ0) is 25.1. The molecule has 5 rings (SSSR count). The highest BCUT2D eigenvalue weighted by molar-refractivity contribution is 5.78. The van der Waals surface area contributed by atoms with E-state index < -0.39 is 0 Å². The number of hydrogen-bond acceptors (Lipinski definition) is 5. The first-order chi connectivity index (χ1) is 17.6. The van der Waals surface area contributed by atoms with Gasteiger partial charge in [0.2, 0.25) is 5.91 Å². The Hall–Kier alpha value is -4.13. The standard InChI is InChI=1S/C29H29N3O4/c1-35-24-17-20-15-16-32(28(19-9-4-3-5-10-19)22(20)18-25(24)36-2)27(33)14-8-13-26-30-23-12-7-6-11-21(23)29(34)31-26/h3-7,9-12,17-18,28H,8,13-16H2,1-2H3,(H,30,31,34). The summed E-state index contributed by atoms with van der Waals surface area (Å²) < 4.78 is 11.1. The molecule has 1 unspecified atom stereocenters. The summed E-state index contributed by atoms with van der Waals surface area (Å²) >= 11 is 0. The van der Waals surface area contributed by atoms with E-state index in [1.54, 1.807) is 20.3 Å². The van der Waals surface area contributed by atoms with Gasteiger partial charge in [0.1, 0.15) is 5.82 Å². The van der Waals surface area contributed by atoms with Gasteiger partial charge in [0, 0.05) is 19.4 Å². The molecular weight excluding hydrogens is 454 g/mol. The van der Waals surface area contributed by atoms with Crippen LogP contribution >= 0.6 is 0 Å². The largest absolute Gasteiger partial charge is 0.493 e. The van der Waals surface area contributed by atoms with Crippen molar-refractivity contribution in [3.05, 3.63) is 99.6 Å². The van der Waals surface area contributed by atoms with Crippen LogP contribution in [0.2, 0.25) is 0 Å². The summed E-state index contributed by atoms with van der Waals surface area (Å²) in [6.45, 7) is 0.617. The quantitative estimate of drug-likeness (QED) is 0.420. The molecule has 1 aromatic heterocycles. The Morgan fingerprint density at radius 1 is 1.03 bits per heavy atom. The van der Waals surface area contributed by atoms with Crippen LogP contribution in [-0.4, -0.2) is 41.5 Å². The van der Waals surface area contributed by atoms with Crippen molar-refractivity contribution in [1.82, 2.24) is 14.9 Å². The number of para-hydroxylation sites is 1. The molecule has 1 aliphatic heterocycles. The first kappa shape index (κ1) is 23.6. The molecule has 0 bridgehead atoms. The number of fused-ring (bicyclic) bond motifs is 2. The number of aromatic nitrogens is 2. The van der Waals surface area contributed by atoms with Gasteiger partial charge in [-0.1, -0.05) is 42.5 Å². The van der Waals surface area contributed by atoms with Crippen LogP contribution in [-0.2, 0) is 17.6 Å². The molecule has 0 saturated carbocycles. The van der Waals surface area contributed by atoms with Gasteiger partial charge in [0.25, 0.3) is 5.56 Å². The zero-order valence-corrected chi connectivity index (χ0v) is 20.5. The average Bonchev–Trinajstić information content (AvgIpc) is 2.92. The third-order valence-corrected chi connectivity index (χ3v) is 6.78. The number of carbonyl (C=O) groups excluding carboxylic acids is 1. The van der Waals surface area contributed by atoms with Crippen LogP contribution in [0.4, 0.5) is 0 Å². The maximum Gasteiger partial charge on any atom is 0.258 e. The Morgan fingerprint density at radius 2 is 1.75 bits per heavy atom. The molecule has 1 amide bonds. The van der Waals surface area contributed by atoms with Crippen LogP contribution in [0.25, 0.3) is 10.9 Å². The number of carbonyl (C=O) groups is 1. The monoisotopic (exact) mass is 483 g/mol. The van der Waals surface area contributed by atoms with Crippen LogP contribution < -0.4 is 15.0 Å². The number of aryl methyl sites for hydroxylation is 1. The molecule has 7 heteroatoms. The van der Waals surface area contributed by atoms with Gasteiger partial charge >= 0.3 is 0 Å². The molecule has 7 nitrogen and oxygen atoms in total. The fourth-order valence-electron chi connectivity index (χ4n) is 5.01. The van der Waals surface area contributed by atoms with Gasteiger partial charge in [-0.15, -0.1) is 0 Å². The van der Waals surface area contributed by atoms with Crippen LogP contribution in [0, 0.1) is 0 Å². The Bertz CT molecular complexity index is 1450. The fraction of sp³-hybridized carbons (Fsp3) is 0.276. The van der Waals surface area contributed by atoms with Crippen molar-refractivity contribution in [3.8, 4) is 11.5 Å². The molecule has 1 atom stereocenters. The summed E-state index contributed by atoms with van der Waals surface area (Å²) in [7, 11) is 3.26. The lowest BCUT2D eigenvalue weighted by atomic mass is 9.87. The van der Waals surface area contributed by atoms with E-state index in [0.717, 1.165) is 23.1 Å². The molecule has 0 radical (unpaired) electrons. The van der Waals surface area contributed by atoms with E-state index in [4.69, 9.17) is 9.47 Å². The SMILES string of the molecule is COc1cc2c(cc1OC)C(c1ccccc1)N(C(=O)CCCc1nc3ccccc3c(=O)[nH]1)CC2. The van der Waals surface area contributed by atoms with Gasteiger partial charge in [0.15, 0.2) is 11.5 Å². The number of benzene rings is 3. The Labute approximate surface area is 209 Å². The van der Waals surface area contributed by atoms with Crippen molar-refractivity contribution >= 4 is 16.8 Å². The van der Waals surface area contributed by atoms with Crippen LogP contribution in [0.1, 0.15) is 41.4 Å². The number of aromatic amines is 1. The van der Waals surface area contributed by atoms with Crippen molar-refractivity contribution in [2.45, 2.75) is 31.7 Å². The summed E-state index contributed by atoms with van der Waals surface area (Å²) in [5, 5.41) is 0.571. The molecule has 3 aromatic carbocycles.